The minimum absolute atomic E-state index is 0.128. The summed E-state index contributed by atoms with van der Waals surface area (Å²) in [6, 6.07) is 3.60. The maximum absolute atomic E-state index is 11.7. The van der Waals surface area contributed by atoms with Gasteiger partial charge in [-0.05, 0) is 25.0 Å². The molecule has 1 aromatic heterocycles. The maximum Gasteiger partial charge on any atom is 0.243 e. The predicted octanol–water partition coefficient (Wildman–Crippen LogP) is 1.99. The molecule has 11 nitrogen and oxygen atoms in total. The normalized spacial score (nSPS) is 11.1. The van der Waals surface area contributed by atoms with Crippen molar-refractivity contribution in [3.63, 3.8) is 0 Å². The summed E-state index contributed by atoms with van der Waals surface area (Å²) in [7, 11) is 1.63. The molecule has 0 fully saturated rings. The molecule has 1 rings (SSSR count). The van der Waals surface area contributed by atoms with E-state index in [2.05, 4.69) is 26.1 Å². The second-order valence-corrected chi connectivity index (χ2v) is 6.94. The first-order valence-electron chi connectivity index (χ1n) is 11.2. The number of guanidine groups is 1. The van der Waals surface area contributed by atoms with Gasteiger partial charge < -0.3 is 19.5 Å². The van der Waals surface area contributed by atoms with E-state index in [1.807, 2.05) is 6.19 Å². The molecule has 0 bridgehead atoms. The van der Waals surface area contributed by atoms with E-state index in [0.717, 1.165) is 37.8 Å². The SMILES string of the molecule is COCCOCCOCCONC(=O)CCCCCCCN=C(NC#N)Nc1ccncc1. The number of anilines is 1. The Morgan fingerprint density at radius 2 is 1.67 bits per heavy atom. The maximum atomic E-state index is 11.7. The Labute approximate surface area is 195 Å². The number of aromatic nitrogens is 1. The fourth-order valence-electron chi connectivity index (χ4n) is 2.60. The number of hydroxylamine groups is 1. The second kappa shape index (κ2) is 21.1. The summed E-state index contributed by atoms with van der Waals surface area (Å²) in [4.78, 5) is 25.2. The largest absolute Gasteiger partial charge is 0.382 e. The van der Waals surface area contributed by atoms with Crippen LogP contribution >= 0.6 is 0 Å². The lowest BCUT2D eigenvalue weighted by molar-refractivity contribution is -0.135. The van der Waals surface area contributed by atoms with Crippen molar-refractivity contribution in [2.24, 2.45) is 4.99 Å². The average molecular weight is 465 g/mol. The number of amides is 1. The fraction of sp³-hybridized carbons (Fsp3) is 0.636. The molecule has 1 aromatic rings. The number of ether oxygens (including phenoxy) is 3. The van der Waals surface area contributed by atoms with Crippen LogP contribution in [0.5, 0.6) is 0 Å². The van der Waals surface area contributed by atoms with Crippen molar-refractivity contribution in [2.75, 3.05) is 58.6 Å². The van der Waals surface area contributed by atoms with Crippen molar-refractivity contribution in [1.29, 1.82) is 5.26 Å². The predicted molar refractivity (Wildman–Crippen MR) is 124 cm³/mol. The number of nitrogens with zero attached hydrogens (tertiary/aromatic N) is 3. The van der Waals surface area contributed by atoms with Crippen LogP contribution < -0.4 is 16.1 Å². The smallest absolute Gasteiger partial charge is 0.243 e. The zero-order valence-electron chi connectivity index (χ0n) is 19.4. The number of hydrogen-bond donors (Lipinski definition) is 3. The van der Waals surface area contributed by atoms with E-state index in [4.69, 9.17) is 24.3 Å². The van der Waals surface area contributed by atoms with Gasteiger partial charge in [-0.2, -0.15) is 5.26 Å². The van der Waals surface area contributed by atoms with Gasteiger partial charge in [0, 0.05) is 38.2 Å². The number of nitriles is 1. The van der Waals surface area contributed by atoms with E-state index in [0.29, 0.717) is 58.6 Å². The lowest BCUT2D eigenvalue weighted by atomic mass is 10.1. The number of hydrogen-bond acceptors (Lipinski definition) is 8. The zero-order chi connectivity index (χ0) is 23.8. The van der Waals surface area contributed by atoms with Gasteiger partial charge >= 0.3 is 0 Å². The summed E-state index contributed by atoms with van der Waals surface area (Å²) in [6.45, 7) is 3.38. The molecule has 0 saturated carbocycles. The second-order valence-electron chi connectivity index (χ2n) is 6.94. The molecule has 1 heterocycles. The van der Waals surface area contributed by atoms with Crippen LogP contribution in [0.25, 0.3) is 0 Å². The van der Waals surface area contributed by atoms with Gasteiger partial charge in [0.1, 0.15) is 0 Å². The highest BCUT2D eigenvalue weighted by atomic mass is 16.7. The summed E-state index contributed by atoms with van der Waals surface area (Å²) in [5.74, 6) is 0.290. The minimum atomic E-state index is -0.128. The first-order chi connectivity index (χ1) is 16.3. The van der Waals surface area contributed by atoms with Gasteiger partial charge in [-0.1, -0.05) is 19.3 Å². The van der Waals surface area contributed by atoms with Gasteiger partial charge in [0.15, 0.2) is 6.19 Å². The van der Waals surface area contributed by atoms with Crippen LogP contribution in [0.15, 0.2) is 29.5 Å². The van der Waals surface area contributed by atoms with Crippen LogP contribution in [0.4, 0.5) is 5.69 Å². The molecule has 0 aromatic carbocycles. The number of methoxy groups -OCH3 is 1. The Morgan fingerprint density at radius 3 is 2.39 bits per heavy atom. The standard InChI is InChI=1S/C22H36N6O5/c1-30-13-14-31-15-16-32-17-18-33-28-21(29)7-5-3-2-4-6-10-25-22(26-19-23)27-20-8-11-24-12-9-20/h8-9,11-12H,2-7,10,13-18H2,1H3,(H,28,29)(H2,24,25,26,27). The van der Waals surface area contributed by atoms with Crippen LogP contribution in [0.1, 0.15) is 38.5 Å². The van der Waals surface area contributed by atoms with Crippen molar-refractivity contribution in [2.45, 2.75) is 38.5 Å². The van der Waals surface area contributed by atoms with E-state index in [1.165, 1.54) is 0 Å². The molecule has 0 aliphatic rings. The van der Waals surface area contributed by atoms with E-state index in [-0.39, 0.29) is 5.91 Å². The van der Waals surface area contributed by atoms with Crippen LogP contribution in [0, 0.1) is 11.5 Å². The summed E-state index contributed by atoms with van der Waals surface area (Å²) >= 11 is 0. The molecule has 1 amide bonds. The molecule has 0 saturated heterocycles. The van der Waals surface area contributed by atoms with Crippen molar-refractivity contribution >= 4 is 17.6 Å². The van der Waals surface area contributed by atoms with Crippen LogP contribution in [-0.4, -0.2) is 70.1 Å². The molecular weight excluding hydrogens is 428 g/mol. The van der Waals surface area contributed by atoms with E-state index < -0.39 is 0 Å². The van der Waals surface area contributed by atoms with Gasteiger partial charge in [0.2, 0.25) is 11.9 Å². The number of carbonyl (C=O) groups excluding carboxylic acids is 1. The molecule has 0 unspecified atom stereocenters. The number of unbranched alkanes of at least 4 members (excludes halogenated alkanes) is 4. The van der Waals surface area contributed by atoms with Gasteiger partial charge in [-0.3, -0.25) is 24.9 Å². The van der Waals surface area contributed by atoms with Gasteiger partial charge in [0.05, 0.1) is 39.6 Å². The van der Waals surface area contributed by atoms with Gasteiger partial charge in [0.25, 0.3) is 0 Å². The number of aliphatic imine (C=N–C) groups is 1. The zero-order valence-corrected chi connectivity index (χ0v) is 19.4. The summed E-state index contributed by atoms with van der Waals surface area (Å²) in [5.41, 5.74) is 3.24. The Morgan fingerprint density at radius 1 is 1.00 bits per heavy atom. The van der Waals surface area contributed by atoms with Crippen LogP contribution in [-0.2, 0) is 23.8 Å². The highest BCUT2D eigenvalue weighted by molar-refractivity contribution is 5.94. The molecule has 11 heteroatoms. The third-order valence-electron chi connectivity index (χ3n) is 4.27. The van der Waals surface area contributed by atoms with Crippen molar-refractivity contribution in [3.05, 3.63) is 24.5 Å². The highest BCUT2D eigenvalue weighted by Gasteiger charge is 2.02. The summed E-state index contributed by atoms with van der Waals surface area (Å²) in [6.07, 6.45) is 10.3. The third kappa shape index (κ3) is 17.5. The van der Waals surface area contributed by atoms with Gasteiger partial charge in [-0.25, -0.2) is 5.48 Å². The first-order valence-corrected chi connectivity index (χ1v) is 11.2. The van der Waals surface area contributed by atoms with Crippen molar-refractivity contribution < 1.29 is 23.8 Å². The average Bonchev–Trinajstić information content (AvgIpc) is 2.82. The Hall–Kier alpha value is -2.78. The monoisotopic (exact) mass is 464 g/mol. The number of carbonyl (C=O) groups is 1. The lowest BCUT2D eigenvalue weighted by Gasteiger charge is -2.08. The van der Waals surface area contributed by atoms with Crippen molar-refractivity contribution in [1.82, 2.24) is 15.8 Å². The summed E-state index contributed by atoms with van der Waals surface area (Å²) in [5, 5.41) is 14.4. The van der Waals surface area contributed by atoms with E-state index in [1.54, 1.807) is 31.6 Å². The quantitative estimate of drug-likeness (QED) is 0.0700. The Bertz CT molecular complexity index is 684. The Kier molecular flexibility index (Phi) is 18.1. The molecular formula is C22H36N6O5. The van der Waals surface area contributed by atoms with Crippen LogP contribution in [0.3, 0.4) is 0 Å². The summed E-state index contributed by atoms with van der Waals surface area (Å²) < 4.78 is 15.4. The number of rotatable bonds is 19. The first kappa shape index (κ1) is 28.3. The molecule has 0 spiro atoms. The minimum Gasteiger partial charge on any atom is -0.382 e. The molecule has 0 aliphatic carbocycles. The lowest BCUT2D eigenvalue weighted by Crippen LogP contribution is -2.27. The number of pyridine rings is 1. The Balaban J connectivity index is 1.94. The molecule has 0 atom stereocenters. The molecule has 0 aliphatic heterocycles. The van der Waals surface area contributed by atoms with Crippen LogP contribution in [0.2, 0.25) is 0 Å². The number of nitrogens with one attached hydrogen (secondary N) is 3. The van der Waals surface area contributed by atoms with Crippen molar-refractivity contribution in [3.8, 4) is 6.19 Å². The highest BCUT2D eigenvalue weighted by Crippen LogP contribution is 2.06. The topological polar surface area (TPSA) is 139 Å². The molecule has 3 N–H and O–H groups in total. The molecule has 33 heavy (non-hydrogen) atoms. The molecule has 0 radical (unpaired) electrons. The molecule has 184 valence electrons. The van der Waals surface area contributed by atoms with E-state index in [9.17, 15) is 4.79 Å². The van der Waals surface area contributed by atoms with Gasteiger partial charge in [-0.15, -0.1) is 0 Å². The fourth-order valence-corrected chi connectivity index (χ4v) is 2.60. The third-order valence-corrected chi connectivity index (χ3v) is 4.27. The van der Waals surface area contributed by atoms with E-state index >= 15 is 0 Å².